The van der Waals surface area contributed by atoms with E-state index in [1.165, 1.54) is 0 Å². The summed E-state index contributed by atoms with van der Waals surface area (Å²) in [6.45, 7) is 4.86. The zero-order valence-corrected chi connectivity index (χ0v) is 11.1. The minimum absolute atomic E-state index is 0.0919. The van der Waals surface area contributed by atoms with Crippen molar-refractivity contribution in [2.24, 2.45) is 0 Å². The van der Waals surface area contributed by atoms with E-state index in [9.17, 15) is 18.0 Å². The molecule has 0 saturated carbocycles. The van der Waals surface area contributed by atoms with Crippen molar-refractivity contribution in [3.05, 3.63) is 27.9 Å². The molecule has 1 saturated heterocycles. The van der Waals surface area contributed by atoms with Crippen LogP contribution in [0.25, 0.3) is 0 Å². The normalized spacial score (nSPS) is 19.0. The molecule has 112 valence electrons. The highest BCUT2D eigenvalue weighted by atomic mass is 19.4. The maximum absolute atomic E-state index is 12.7. The SMILES string of the molecule is CCC(c1nc(C(F)(F)F)cc(=O)[nH]1)N1CCNCC1. The number of aromatic nitrogens is 2. The Balaban J connectivity index is 2.34. The van der Waals surface area contributed by atoms with Crippen LogP contribution < -0.4 is 10.9 Å². The minimum Gasteiger partial charge on any atom is -0.314 e. The standard InChI is InChI=1S/C12H17F3N4O/c1-2-8(19-5-3-16-4-6-19)11-17-9(12(13,14)15)7-10(20)18-11/h7-8,16H,2-6H2,1H3,(H,17,18,20). The molecule has 8 heteroatoms. The minimum atomic E-state index is -4.61. The first-order chi connectivity index (χ1) is 9.41. The molecule has 0 aromatic carbocycles. The van der Waals surface area contributed by atoms with Gasteiger partial charge in [-0.1, -0.05) is 6.92 Å². The molecule has 1 fully saturated rings. The lowest BCUT2D eigenvalue weighted by molar-refractivity contribution is -0.141. The number of hydrogen-bond acceptors (Lipinski definition) is 4. The van der Waals surface area contributed by atoms with E-state index in [0.717, 1.165) is 26.2 Å². The van der Waals surface area contributed by atoms with E-state index in [1.807, 2.05) is 11.8 Å². The fourth-order valence-electron chi connectivity index (χ4n) is 2.40. The summed E-state index contributed by atoms with van der Waals surface area (Å²) in [4.78, 5) is 19.5. The zero-order valence-electron chi connectivity index (χ0n) is 11.1. The lowest BCUT2D eigenvalue weighted by Gasteiger charge is -2.33. The number of hydrogen-bond donors (Lipinski definition) is 2. The molecule has 0 aliphatic carbocycles. The predicted molar refractivity (Wildman–Crippen MR) is 67.3 cm³/mol. The third-order valence-corrected chi connectivity index (χ3v) is 3.35. The number of rotatable bonds is 3. The molecule has 20 heavy (non-hydrogen) atoms. The quantitative estimate of drug-likeness (QED) is 0.876. The lowest BCUT2D eigenvalue weighted by Crippen LogP contribution is -2.45. The third-order valence-electron chi connectivity index (χ3n) is 3.35. The summed E-state index contributed by atoms with van der Waals surface area (Å²) in [5.41, 5.74) is -1.90. The van der Waals surface area contributed by atoms with Crippen LogP contribution in [0.3, 0.4) is 0 Å². The van der Waals surface area contributed by atoms with Crippen LogP contribution in [0.4, 0.5) is 13.2 Å². The summed E-state index contributed by atoms with van der Waals surface area (Å²) < 4.78 is 38.2. The fraction of sp³-hybridized carbons (Fsp3) is 0.667. The van der Waals surface area contributed by atoms with Gasteiger partial charge in [-0.25, -0.2) is 4.98 Å². The van der Waals surface area contributed by atoms with Crippen molar-refractivity contribution in [2.45, 2.75) is 25.6 Å². The number of piperazine rings is 1. The Morgan fingerprint density at radius 2 is 2.05 bits per heavy atom. The van der Waals surface area contributed by atoms with Crippen molar-refractivity contribution >= 4 is 0 Å². The van der Waals surface area contributed by atoms with Crippen molar-refractivity contribution in [1.29, 1.82) is 0 Å². The van der Waals surface area contributed by atoms with Crippen LogP contribution in [0.15, 0.2) is 10.9 Å². The highest BCUT2D eigenvalue weighted by Gasteiger charge is 2.34. The number of alkyl halides is 3. The van der Waals surface area contributed by atoms with Gasteiger partial charge in [-0.3, -0.25) is 9.69 Å². The number of nitrogens with one attached hydrogen (secondary N) is 2. The number of H-pyrrole nitrogens is 1. The largest absolute Gasteiger partial charge is 0.433 e. The van der Waals surface area contributed by atoms with Crippen molar-refractivity contribution in [2.75, 3.05) is 26.2 Å². The van der Waals surface area contributed by atoms with E-state index in [0.29, 0.717) is 12.5 Å². The topological polar surface area (TPSA) is 61.0 Å². The van der Waals surface area contributed by atoms with Gasteiger partial charge in [-0.15, -0.1) is 0 Å². The van der Waals surface area contributed by atoms with Crippen molar-refractivity contribution in [1.82, 2.24) is 20.2 Å². The Hall–Kier alpha value is -1.41. The van der Waals surface area contributed by atoms with Crippen LogP contribution in [0.2, 0.25) is 0 Å². The Labute approximate surface area is 114 Å². The van der Waals surface area contributed by atoms with Crippen LogP contribution in [0.1, 0.15) is 30.9 Å². The van der Waals surface area contributed by atoms with E-state index >= 15 is 0 Å². The molecule has 1 aromatic rings. The summed E-state index contributed by atoms with van der Waals surface area (Å²) in [7, 11) is 0. The fourth-order valence-corrected chi connectivity index (χ4v) is 2.40. The Morgan fingerprint density at radius 1 is 1.40 bits per heavy atom. The number of nitrogens with zero attached hydrogens (tertiary/aromatic N) is 2. The molecule has 1 aromatic heterocycles. The molecule has 0 bridgehead atoms. The van der Waals surface area contributed by atoms with Gasteiger partial charge in [-0.2, -0.15) is 13.2 Å². The molecular formula is C12H17F3N4O. The third kappa shape index (κ3) is 3.37. The molecule has 5 nitrogen and oxygen atoms in total. The molecule has 1 atom stereocenters. The van der Waals surface area contributed by atoms with Crippen molar-refractivity contribution in [3.63, 3.8) is 0 Å². The second-order valence-corrected chi connectivity index (χ2v) is 4.72. The molecule has 2 heterocycles. The van der Waals surface area contributed by atoms with Crippen LogP contribution in [0, 0.1) is 0 Å². The first-order valence-corrected chi connectivity index (χ1v) is 6.55. The van der Waals surface area contributed by atoms with E-state index in [2.05, 4.69) is 15.3 Å². The Kier molecular flexibility index (Phi) is 4.44. The van der Waals surface area contributed by atoms with E-state index in [-0.39, 0.29) is 11.9 Å². The van der Waals surface area contributed by atoms with Crippen molar-refractivity contribution in [3.8, 4) is 0 Å². The van der Waals surface area contributed by atoms with Crippen LogP contribution in [-0.4, -0.2) is 41.0 Å². The summed E-state index contributed by atoms with van der Waals surface area (Å²) in [6.07, 6.45) is -4.02. The summed E-state index contributed by atoms with van der Waals surface area (Å²) in [5, 5.41) is 3.18. The highest BCUT2D eigenvalue weighted by molar-refractivity contribution is 5.09. The number of aromatic amines is 1. The zero-order chi connectivity index (χ0) is 14.8. The average Bonchev–Trinajstić information content (AvgIpc) is 2.39. The van der Waals surface area contributed by atoms with E-state index in [4.69, 9.17) is 0 Å². The van der Waals surface area contributed by atoms with Crippen molar-refractivity contribution < 1.29 is 13.2 Å². The average molecular weight is 290 g/mol. The molecule has 2 N–H and O–H groups in total. The van der Waals surface area contributed by atoms with Crippen LogP contribution >= 0.6 is 0 Å². The van der Waals surface area contributed by atoms with Crippen LogP contribution in [-0.2, 0) is 6.18 Å². The molecule has 1 aliphatic rings. The first-order valence-electron chi connectivity index (χ1n) is 6.55. The van der Waals surface area contributed by atoms with Gasteiger partial charge in [0, 0.05) is 32.2 Å². The van der Waals surface area contributed by atoms with Gasteiger partial charge in [0.1, 0.15) is 5.82 Å². The maximum atomic E-state index is 12.7. The molecule has 1 unspecified atom stereocenters. The van der Waals surface area contributed by atoms with Gasteiger partial charge in [0.25, 0.3) is 5.56 Å². The molecule has 2 rings (SSSR count). The molecule has 0 amide bonds. The van der Waals surface area contributed by atoms with Gasteiger partial charge in [-0.05, 0) is 6.42 Å². The van der Waals surface area contributed by atoms with E-state index in [1.54, 1.807) is 0 Å². The monoisotopic (exact) mass is 290 g/mol. The predicted octanol–water partition coefficient (Wildman–Crippen LogP) is 1.14. The Morgan fingerprint density at radius 3 is 2.60 bits per heavy atom. The second kappa shape index (κ2) is 5.92. The number of halogens is 3. The summed E-state index contributed by atoms with van der Waals surface area (Å²) >= 11 is 0. The smallest absolute Gasteiger partial charge is 0.314 e. The highest BCUT2D eigenvalue weighted by Crippen LogP contribution is 2.28. The maximum Gasteiger partial charge on any atom is 0.433 e. The van der Waals surface area contributed by atoms with Gasteiger partial charge < -0.3 is 10.3 Å². The van der Waals surface area contributed by atoms with Crippen LogP contribution in [0.5, 0.6) is 0 Å². The molecular weight excluding hydrogens is 273 g/mol. The van der Waals surface area contributed by atoms with Gasteiger partial charge >= 0.3 is 6.18 Å². The van der Waals surface area contributed by atoms with Gasteiger partial charge in [0.15, 0.2) is 5.69 Å². The molecule has 0 radical (unpaired) electrons. The Bertz CT molecular complexity index is 508. The second-order valence-electron chi connectivity index (χ2n) is 4.72. The summed E-state index contributed by atoms with van der Waals surface area (Å²) in [6, 6.07) is 0.195. The lowest BCUT2D eigenvalue weighted by atomic mass is 10.1. The summed E-state index contributed by atoms with van der Waals surface area (Å²) in [5.74, 6) is 0.0919. The molecule has 0 spiro atoms. The van der Waals surface area contributed by atoms with E-state index < -0.39 is 17.4 Å². The van der Waals surface area contributed by atoms with Gasteiger partial charge in [0.05, 0.1) is 6.04 Å². The molecule has 1 aliphatic heterocycles. The van der Waals surface area contributed by atoms with Gasteiger partial charge in [0.2, 0.25) is 0 Å². The first kappa shape index (κ1) is 15.0.